The molecule has 0 aliphatic rings. The molecule has 1 atom stereocenters. The summed E-state index contributed by atoms with van der Waals surface area (Å²) in [6.07, 6.45) is 4.63. The molecule has 0 bridgehead atoms. The van der Waals surface area contributed by atoms with Gasteiger partial charge in [-0.3, -0.25) is 0 Å². The van der Waals surface area contributed by atoms with E-state index in [-0.39, 0.29) is 0 Å². The first-order chi connectivity index (χ1) is 9.16. The third-order valence-electron chi connectivity index (χ3n) is 3.57. The molecule has 0 radical (unpaired) electrons. The second kappa shape index (κ2) is 6.76. The van der Waals surface area contributed by atoms with Crippen molar-refractivity contribution in [3.8, 4) is 0 Å². The zero-order valence-corrected chi connectivity index (χ0v) is 12.4. The van der Waals surface area contributed by atoms with Gasteiger partial charge in [0.05, 0.1) is 0 Å². The largest absolute Gasteiger partial charge is 0.347 e. The zero-order valence-electron chi connectivity index (χ0n) is 12.4. The van der Waals surface area contributed by atoms with Crippen LogP contribution in [0, 0.1) is 5.92 Å². The Balaban J connectivity index is 1.77. The molecule has 104 valence electrons. The van der Waals surface area contributed by atoms with Crippen LogP contribution >= 0.6 is 0 Å². The van der Waals surface area contributed by atoms with Gasteiger partial charge in [0.1, 0.15) is 0 Å². The Labute approximate surface area is 116 Å². The lowest BCUT2D eigenvalue weighted by Crippen LogP contribution is -2.28. The Morgan fingerprint density at radius 2 is 1.89 bits per heavy atom. The van der Waals surface area contributed by atoms with E-state index in [1.165, 1.54) is 23.7 Å². The molecule has 1 aromatic heterocycles. The Hall–Kier alpha value is -1.28. The standard InChI is InChI=1S/C17H26N2/c1-14(2)13-15(3)18-10-6-11-19-12-9-16-7-4-5-8-17(16)19/h4-5,7-9,12,14-15,18H,6,10-11,13H2,1-3H3. The first-order valence-electron chi connectivity index (χ1n) is 7.44. The summed E-state index contributed by atoms with van der Waals surface area (Å²) in [5, 5.41) is 4.95. The summed E-state index contributed by atoms with van der Waals surface area (Å²) in [5.74, 6) is 0.774. The molecule has 1 unspecified atom stereocenters. The predicted octanol–water partition coefficient (Wildman–Crippen LogP) is 4.06. The highest BCUT2D eigenvalue weighted by Gasteiger charge is 2.04. The van der Waals surface area contributed by atoms with Crippen LogP contribution in [0.2, 0.25) is 0 Å². The number of aromatic nitrogens is 1. The van der Waals surface area contributed by atoms with Crippen LogP contribution in [0.4, 0.5) is 0 Å². The number of rotatable bonds is 7. The van der Waals surface area contributed by atoms with Gasteiger partial charge in [-0.25, -0.2) is 0 Å². The predicted molar refractivity (Wildman–Crippen MR) is 83.5 cm³/mol. The lowest BCUT2D eigenvalue weighted by Gasteiger charge is -2.16. The molecule has 2 nitrogen and oxygen atoms in total. The van der Waals surface area contributed by atoms with Crippen LogP contribution in [0.15, 0.2) is 36.5 Å². The van der Waals surface area contributed by atoms with Gasteiger partial charge in [-0.05, 0) is 49.7 Å². The summed E-state index contributed by atoms with van der Waals surface area (Å²) in [7, 11) is 0. The SMILES string of the molecule is CC(C)CC(C)NCCCn1ccc2ccccc21. The quantitative estimate of drug-likeness (QED) is 0.741. The highest BCUT2D eigenvalue weighted by atomic mass is 15.0. The van der Waals surface area contributed by atoms with E-state index >= 15 is 0 Å². The Bertz CT molecular complexity index is 499. The molecule has 2 rings (SSSR count). The number of benzene rings is 1. The van der Waals surface area contributed by atoms with E-state index < -0.39 is 0 Å². The summed E-state index contributed by atoms with van der Waals surface area (Å²) >= 11 is 0. The van der Waals surface area contributed by atoms with Crippen LogP contribution in [0.3, 0.4) is 0 Å². The molecule has 1 aromatic carbocycles. The monoisotopic (exact) mass is 258 g/mol. The van der Waals surface area contributed by atoms with Gasteiger partial charge >= 0.3 is 0 Å². The Morgan fingerprint density at radius 3 is 2.68 bits per heavy atom. The van der Waals surface area contributed by atoms with E-state index in [9.17, 15) is 0 Å². The van der Waals surface area contributed by atoms with Crippen LogP contribution in [0.5, 0.6) is 0 Å². The highest BCUT2D eigenvalue weighted by molar-refractivity contribution is 5.79. The fraction of sp³-hybridized carbons (Fsp3) is 0.529. The van der Waals surface area contributed by atoms with Crippen molar-refractivity contribution in [3.05, 3.63) is 36.5 Å². The average Bonchev–Trinajstić information content (AvgIpc) is 2.77. The topological polar surface area (TPSA) is 17.0 Å². The number of nitrogens with zero attached hydrogens (tertiary/aromatic N) is 1. The molecule has 0 fully saturated rings. The number of hydrogen-bond donors (Lipinski definition) is 1. The van der Waals surface area contributed by atoms with Gasteiger partial charge in [-0.1, -0.05) is 32.0 Å². The lowest BCUT2D eigenvalue weighted by atomic mass is 10.1. The van der Waals surface area contributed by atoms with E-state index in [1.807, 2.05) is 0 Å². The van der Waals surface area contributed by atoms with Crippen LogP contribution in [-0.4, -0.2) is 17.2 Å². The third-order valence-corrected chi connectivity index (χ3v) is 3.57. The maximum atomic E-state index is 3.61. The zero-order chi connectivity index (χ0) is 13.7. The summed E-state index contributed by atoms with van der Waals surface area (Å²) in [4.78, 5) is 0. The van der Waals surface area contributed by atoms with Gasteiger partial charge in [0, 0.05) is 24.3 Å². The molecular weight excluding hydrogens is 232 g/mol. The summed E-state index contributed by atoms with van der Waals surface area (Å²) in [6.45, 7) is 9.04. The molecule has 19 heavy (non-hydrogen) atoms. The molecule has 0 amide bonds. The number of nitrogens with one attached hydrogen (secondary N) is 1. The number of aryl methyl sites for hydroxylation is 1. The van der Waals surface area contributed by atoms with Crippen LogP contribution in [0.1, 0.15) is 33.6 Å². The number of fused-ring (bicyclic) bond motifs is 1. The smallest absolute Gasteiger partial charge is 0.0480 e. The van der Waals surface area contributed by atoms with Crippen molar-refractivity contribution in [3.63, 3.8) is 0 Å². The Morgan fingerprint density at radius 1 is 1.11 bits per heavy atom. The van der Waals surface area contributed by atoms with Crippen LogP contribution < -0.4 is 5.32 Å². The lowest BCUT2D eigenvalue weighted by molar-refractivity contribution is 0.433. The molecule has 1 heterocycles. The number of hydrogen-bond acceptors (Lipinski definition) is 1. The highest BCUT2D eigenvalue weighted by Crippen LogP contribution is 2.15. The number of para-hydroxylation sites is 1. The van der Waals surface area contributed by atoms with Gasteiger partial charge in [0.15, 0.2) is 0 Å². The third kappa shape index (κ3) is 4.10. The first kappa shape index (κ1) is 14.1. The summed E-state index contributed by atoms with van der Waals surface area (Å²) in [5.41, 5.74) is 1.35. The molecular formula is C17H26N2. The van der Waals surface area contributed by atoms with Gasteiger partial charge in [0.25, 0.3) is 0 Å². The second-order valence-electron chi connectivity index (χ2n) is 5.91. The van der Waals surface area contributed by atoms with Crippen LogP contribution in [0.25, 0.3) is 10.9 Å². The van der Waals surface area contributed by atoms with Gasteiger partial charge in [0.2, 0.25) is 0 Å². The molecule has 0 aliphatic heterocycles. The maximum absolute atomic E-state index is 3.61. The minimum Gasteiger partial charge on any atom is -0.347 e. The van der Waals surface area contributed by atoms with Crippen molar-refractivity contribution in [1.29, 1.82) is 0 Å². The molecule has 0 spiro atoms. The molecule has 0 aliphatic carbocycles. The van der Waals surface area contributed by atoms with Crippen LogP contribution in [-0.2, 0) is 6.54 Å². The van der Waals surface area contributed by atoms with E-state index in [0.717, 1.165) is 19.0 Å². The summed E-state index contributed by atoms with van der Waals surface area (Å²) in [6, 6.07) is 11.4. The molecule has 0 saturated carbocycles. The van der Waals surface area contributed by atoms with Crippen molar-refractivity contribution in [2.75, 3.05) is 6.54 Å². The Kier molecular flexibility index (Phi) is 5.03. The van der Waals surface area contributed by atoms with Gasteiger partial charge in [-0.2, -0.15) is 0 Å². The minimum absolute atomic E-state index is 0.626. The first-order valence-corrected chi connectivity index (χ1v) is 7.44. The molecule has 2 heteroatoms. The fourth-order valence-corrected chi connectivity index (χ4v) is 2.72. The van der Waals surface area contributed by atoms with Crippen molar-refractivity contribution in [1.82, 2.24) is 9.88 Å². The van der Waals surface area contributed by atoms with Crippen molar-refractivity contribution < 1.29 is 0 Å². The van der Waals surface area contributed by atoms with Gasteiger partial charge < -0.3 is 9.88 Å². The maximum Gasteiger partial charge on any atom is 0.0480 e. The molecule has 1 N–H and O–H groups in total. The average molecular weight is 258 g/mol. The minimum atomic E-state index is 0.626. The van der Waals surface area contributed by atoms with Gasteiger partial charge in [-0.15, -0.1) is 0 Å². The second-order valence-corrected chi connectivity index (χ2v) is 5.91. The van der Waals surface area contributed by atoms with E-state index in [2.05, 4.69) is 67.2 Å². The normalized spacial score (nSPS) is 13.3. The fourth-order valence-electron chi connectivity index (χ4n) is 2.72. The molecule has 0 saturated heterocycles. The van der Waals surface area contributed by atoms with E-state index in [4.69, 9.17) is 0 Å². The van der Waals surface area contributed by atoms with E-state index in [1.54, 1.807) is 0 Å². The summed E-state index contributed by atoms with van der Waals surface area (Å²) < 4.78 is 2.35. The van der Waals surface area contributed by atoms with Crippen molar-refractivity contribution in [2.24, 2.45) is 5.92 Å². The molecule has 2 aromatic rings. The van der Waals surface area contributed by atoms with E-state index in [0.29, 0.717) is 6.04 Å². The van der Waals surface area contributed by atoms with Crippen molar-refractivity contribution in [2.45, 2.75) is 46.2 Å². The van der Waals surface area contributed by atoms with Crippen molar-refractivity contribution >= 4 is 10.9 Å².